The Hall–Kier alpha value is -3.77. The Morgan fingerprint density at radius 1 is 0.774 bits per heavy atom. The number of anilines is 2. The van der Waals surface area contributed by atoms with E-state index in [4.69, 9.17) is 12.2 Å². The summed E-state index contributed by atoms with van der Waals surface area (Å²) in [6, 6.07) is 20.9. The highest BCUT2D eigenvalue weighted by Crippen LogP contribution is 2.30. The van der Waals surface area contributed by atoms with Gasteiger partial charge in [-0.25, -0.2) is 0 Å². The normalized spacial score (nSPS) is 15.7. The molecule has 0 aromatic heterocycles. The van der Waals surface area contributed by atoms with E-state index in [1.54, 1.807) is 24.3 Å². The van der Waals surface area contributed by atoms with Crippen LogP contribution >= 0.6 is 12.2 Å². The Labute approximate surface area is 185 Å². The summed E-state index contributed by atoms with van der Waals surface area (Å²) in [5.41, 5.74) is 3.89. The van der Waals surface area contributed by atoms with E-state index in [-0.39, 0.29) is 16.4 Å². The molecule has 1 fully saturated rings. The first-order valence-electron chi connectivity index (χ1n) is 9.73. The van der Waals surface area contributed by atoms with Crippen LogP contribution in [0, 0.1) is 13.8 Å². The van der Waals surface area contributed by atoms with Gasteiger partial charge in [-0.15, -0.1) is 0 Å². The lowest BCUT2D eigenvalue weighted by Crippen LogP contribution is -2.57. The fraction of sp³-hybridized carbons (Fsp3) is 0.0800. The second-order valence-electron chi connectivity index (χ2n) is 7.32. The average Bonchev–Trinajstić information content (AvgIpc) is 2.76. The largest absolute Gasteiger partial charge is 0.508 e. The molecular formula is C25H20N2O3S. The number of carbonyl (C=O) groups is 2. The van der Waals surface area contributed by atoms with E-state index in [0.717, 1.165) is 11.1 Å². The SMILES string of the molecule is Cc1ccc(N2C(=O)C(=Cc3ccc(O)cc3)C(=O)N(c3ccccc3)C2=S)cc1C. The molecular weight excluding hydrogens is 408 g/mol. The van der Waals surface area contributed by atoms with Gasteiger partial charge in [0.05, 0.1) is 11.4 Å². The van der Waals surface area contributed by atoms with Crippen LogP contribution in [-0.4, -0.2) is 22.0 Å². The summed E-state index contributed by atoms with van der Waals surface area (Å²) < 4.78 is 0. The Kier molecular flexibility index (Phi) is 5.40. The molecule has 0 spiro atoms. The van der Waals surface area contributed by atoms with E-state index in [0.29, 0.717) is 16.9 Å². The van der Waals surface area contributed by atoms with Crippen molar-refractivity contribution < 1.29 is 14.7 Å². The van der Waals surface area contributed by atoms with Crippen LogP contribution in [0.5, 0.6) is 5.75 Å². The van der Waals surface area contributed by atoms with Crippen molar-refractivity contribution in [3.8, 4) is 5.75 Å². The van der Waals surface area contributed by atoms with Crippen molar-refractivity contribution in [3.05, 3.63) is 95.1 Å². The molecule has 3 aromatic rings. The fourth-order valence-corrected chi connectivity index (χ4v) is 3.74. The van der Waals surface area contributed by atoms with Crippen LogP contribution in [0.2, 0.25) is 0 Å². The summed E-state index contributed by atoms with van der Waals surface area (Å²) in [7, 11) is 0. The minimum atomic E-state index is -0.491. The molecule has 0 unspecified atom stereocenters. The molecule has 0 aliphatic carbocycles. The number of hydrogen-bond donors (Lipinski definition) is 1. The van der Waals surface area contributed by atoms with Crippen molar-refractivity contribution in [1.82, 2.24) is 0 Å². The maximum Gasteiger partial charge on any atom is 0.270 e. The third-order valence-electron chi connectivity index (χ3n) is 5.22. The first-order valence-corrected chi connectivity index (χ1v) is 10.1. The molecule has 1 heterocycles. The Balaban J connectivity index is 1.87. The van der Waals surface area contributed by atoms with E-state index >= 15 is 0 Å². The lowest BCUT2D eigenvalue weighted by Gasteiger charge is -2.36. The number of rotatable bonds is 3. The van der Waals surface area contributed by atoms with Crippen LogP contribution in [0.15, 0.2) is 78.4 Å². The molecule has 0 radical (unpaired) electrons. The summed E-state index contributed by atoms with van der Waals surface area (Å²) in [6.07, 6.45) is 1.52. The number of hydrogen-bond acceptors (Lipinski definition) is 4. The highest BCUT2D eigenvalue weighted by Gasteiger charge is 2.41. The zero-order valence-corrected chi connectivity index (χ0v) is 17.9. The average molecular weight is 429 g/mol. The van der Waals surface area contributed by atoms with Gasteiger partial charge in [0.1, 0.15) is 11.3 Å². The fourth-order valence-electron chi connectivity index (χ4n) is 3.36. The lowest BCUT2D eigenvalue weighted by atomic mass is 10.0. The maximum atomic E-state index is 13.5. The van der Waals surface area contributed by atoms with Gasteiger partial charge in [0.2, 0.25) is 0 Å². The molecule has 1 aliphatic rings. The molecule has 31 heavy (non-hydrogen) atoms. The summed E-state index contributed by atoms with van der Waals surface area (Å²) in [6.45, 7) is 3.95. The molecule has 154 valence electrons. The van der Waals surface area contributed by atoms with Gasteiger partial charge < -0.3 is 5.11 Å². The van der Waals surface area contributed by atoms with E-state index in [1.165, 1.54) is 28.0 Å². The van der Waals surface area contributed by atoms with Crippen molar-refractivity contribution in [1.29, 1.82) is 0 Å². The molecule has 0 atom stereocenters. The number of phenols is 1. The minimum absolute atomic E-state index is 0.0126. The number of nitrogens with zero attached hydrogens (tertiary/aromatic N) is 2. The summed E-state index contributed by atoms with van der Waals surface area (Å²) in [5.74, 6) is -0.875. The summed E-state index contributed by atoms with van der Waals surface area (Å²) in [4.78, 5) is 29.6. The molecule has 0 saturated carbocycles. The summed E-state index contributed by atoms with van der Waals surface area (Å²) >= 11 is 5.63. The topological polar surface area (TPSA) is 60.9 Å². The number of carbonyl (C=O) groups excluding carboxylic acids is 2. The van der Waals surface area contributed by atoms with Crippen LogP contribution < -0.4 is 9.80 Å². The minimum Gasteiger partial charge on any atom is -0.508 e. The number of phenolic OH excluding ortho intramolecular Hbond substituents is 1. The van der Waals surface area contributed by atoms with E-state index < -0.39 is 11.8 Å². The van der Waals surface area contributed by atoms with Gasteiger partial charge in [0.15, 0.2) is 5.11 Å². The van der Waals surface area contributed by atoms with Crippen LogP contribution in [0.1, 0.15) is 16.7 Å². The molecule has 3 aromatic carbocycles. The first kappa shape index (κ1) is 20.5. The zero-order valence-electron chi connectivity index (χ0n) is 17.1. The van der Waals surface area contributed by atoms with Gasteiger partial charge in [0, 0.05) is 0 Å². The highest BCUT2D eigenvalue weighted by atomic mass is 32.1. The van der Waals surface area contributed by atoms with Gasteiger partial charge in [-0.2, -0.15) is 0 Å². The van der Waals surface area contributed by atoms with Gasteiger partial charge in [-0.3, -0.25) is 19.4 Å². The first-order chi connectivity index (χ1) is 14.9. The van der Waals surface area contributed by atoms with E-state index in [2.05, 4.69) is 0 Å². The van der Waals surface area contributed by atoms with Crippen molar-refractivity contribution >= 4 is 46.6 Å². The predicted molar refractivity (Wildman–Crippen MR) is 126 cm³/mol. The summed E-state index contributed by atoms with van der Waals surface area (Å²) in [5, 5.41) is 9.65. The quantitative estimate of drug-likeness (QED) is 0.371. The van der Waals surface area contributed by atoms with Crippen LogP contribution in [-0.2, 0) is 9.59 Å². The van der Waals surface area contributed by atoms with E-state index in [1.807, 2.05) is 50.2 Å². The monoisotopic (exact) mass is 428 g/mol. The van der Waals surface area contributed by atoms with Gasteiger partial charge in [-0.1, -0.05) is 36.4 Å². The predicted octanol–water partition coefficient (Wildman–Crippen LogP) is 4.76. The van der Waals surface area contributed by atoms with Crippen molar-refractivity contribution in [2.24, 2.45) is 0 Å². The number of amides is 2. The van der Waals surface area contributed by atoms with Gasteiger partial charge in [-0.05, 0) is 85.2 Å². The Morgan fingerprint density at radius 3 is 2.00 bits per heavy atom. The molecule has 4 rings (SSSR count). The number of thiocarbonyl (C=S) groups is 1. The highest BCUT2D eigenvalue weighted by molar-refractivity contribution is 7.81. The molecule has 1 N–H and O–H groups in total. The smallest absolute Gasteiger partial charge is 0.270 e. The van der Waals surface area contributed by atoms with Gasteiger partial charge in [0.25, 0.3) is 11.8 Å². The zero-order chi connectivity index (χ0) is 22.1. The molecule has 1 saturated heterocycles. The number of aromatic hydroxyl groups is 1. The lowest BCUT2D eigenvalue weighted by molar-refractivity contribution is -0.120. The second kappa shape index (κ2) is 8.16. The van der Waals surface area contributed by atoms with Crippen molar-refractivity contribution in [2.45, 2.75) is 13.8 Å². The third kappa shape index (κ3) is 3.85. The molecule has 1 aliphatic heterocycles. The maximum absolute atomic E-state index is 13.5. The van der Waals surface area contributed by atoms with Crippen LogP contribution in [0.3, 0.4) is 0 Å². The Bertz CT molecular complexity index is 1220. The molecule has 5 nitrogen and oxygen atoms in total. The van der Waals surface area contributed by atoms with Crippen LogP contribution in [0.25, 0.3) is 6.08 Å². The third-order valence-corrected chi connectivity index (χ3v) is 5.58. The number of aryl methyl sites for hydroxylation is 2. The number of para-hydroxylation sites is 1. The van der Waals surface area contributed by atoms with E-state index in [9.17, 15) is 14.7 Å². The Morgan fingerprint density at radius 2 is 1.39 bits per heavy atom. The van der Waals surface area contributed by atoms with Crippen LogP contribution in [0.4, 0.5) is 11.4 Å². The molecule has 2 amide bonds. The standard InChI is InChI=1S/C25H20N2O3S/c1-16-8-11-20(14-17(16)2)27-24(30)22(15-18-9-12-21(28)13-10-18)23(29)26(25(27)31)19-6-4-3-5-7-19/h3-15,28H,1-2H3. The number of benzene rings is 3. The van der Waals surface area contributed by atoms with Crippen molar-refractivity contribution in [3.63, 3.8) is 0 Å². The second-order valence-corrected chi connectivity index (χ2v) is 7.68. The molecule has 0 bridgehead atoms. The molecule has 6 heteroatoms. The van der Waals surface area contributed by atoms with Crippen molar-refractivity contribution in [2.75, 3.05) is 9.80 Å². The van der Waals surface area contributed by atoms with Gasteiger partial charge >= 0.3 is 0 Å².